The van der Waals surface area contributed by atoms with E-state index in [0.29, 0.717) is 32.7 Å². The van der Waals surface area contributed by atoms with Crippen molar-refractivity contribution in [2.24, 2.45) is 5.92 Å². The first-order valence-corrected chi connectivity index (χ1v) is 12.0. The van der Waals surface area contributed by atoms with Gasteiger partial charge in [-0.05, 0) is 74.9 Å². The summed E-state index contributed by atoms with van der Waals surface area (Å²) in [6.45, 7) is 9.59. The van der Waals surface area contributed by atoms with E-state index in [9.17, 15) is 4.79 Å². The third-order valence-electron chi connectivity index (χ3n) is 6.88. The Morgan fingerprint density at radius 1 is 1.19 bits per heavy atom. The largest absolute Gasteiger partial charge is 0.492 e. The number of hydrogen-bond donors (Lipinski definition) is 1. The van der Waals surface area contributed by atoms with Gasteiger partial charge in [0.05, 0.1) is 5.41 Å². The first kappa shape index (κ1) is 22.8. The summed E-state index contributed by atoms with van der Waals surface area (Å²) in [6, 6.07) is 16.0. The predicted molar refractivity (Wildman–Crippen MR) is 128 cm³/mol. The van der Waals surface area contributed by atoms with Crippen LogP contribution in [0, 0.1) is 12.8 Å². The van der Waals surface area contributed by atoms with Gasteiger partial charge in [-0.1, -0.05) is 36.8 Å². The molecule has 32 heavy (non-hydrogen) atoms. The highest BCUT2D eigenvalue weighted by Gasteiger charge is 2.41. The normalized spacial score (nSPS) is 21.1. The van der Waals surface area contributed by atoms with Gasteiger partial charge in [0.15, 0.2) is 0 Å². The molecule has 2 saturated heterocycles. The maximum absolute atomic E-state index is 13.5. The molecule has 0 aromatic heterocycles. The fraction of sp³-hybridized carbons (Fsp3) is 0.519. The zero-order chi connectivity index (χ0) is 22.4. The Hall–Kier alpha value is -2.37. The number of piperidine rings is 1. The Labute approximate surface area is 192 Å². The van der Waals surface area contributed by atoms with Gasteiger partial charge in [0.1, 0.15) is 12.4 Å². The summed E-state index contributed by atoms with van der Waals surface area (Å²) in [4.78, 5) is 15.9. The van der Waals surface area contributed by atoms with Crippen molar-refractivity contribution in [3.8, 4) is 5.75 Å². The smallest absolute Gasteiger partial charge is 0.235 e. The molecule has 0 radical (unpaired) electrons. The number of carbonyl (C=O) groups excluding carboxylic acids is 1. The van der Waals surface area contributed by atoms with Crippen molar-refractivity contribution in [3.63, 3.8) is 0 Å². The van der Waals surface area contributed by atoms with Crippen LogP contribution in [0.1, 0.15) is 43.7 Å². The Kier molecular flexibility index (Phi) is 7.48. The highest BCUT2D eigenvalue weighted by atomic mass is 16.5. The van der Waals surface area contributed by atoms with E-state index in [2.05, 4.69) is 42.3 Å². The van der Waals surface area contributed by atoms with E-state index in [-0.39, 0.29) is 5.91 Å². The molecule has 2 aliphatic heterocycles. The highest BCUT2D eigenvalue weighted by molar-refractivity contribution is 5.99. The number of ether oxygens (including phenoxy) is 2. The van der Waals surface area contributed by atoms with Gasteiger partial charge in [-0.3, -0.25) is 9.69 Å². The number of benzene rings is 2. The minimum Gasteiger partial charge on any atom is -0.492 e. The van der Waals surface area contributed by atoms with Crippen molar-refractivity contribution in [1.82, 2.24) is 4.90 Å². The lowest BCUT2D eigenvalue weighted by Gasteiger charge is -2.36. The van der Waals surface area contributed by atoms with Crippen LogP contribution in [0.25, 0.3) is 0 Å². The Morgan fingerprint density at radius 3 is 2.69 bits per heavy atom. The van der Waals surface area contributed by atoms with Crippen molar-refractivity contribution in [1.29, 1.82) is 0 Å². The molecule has 4 rings (SSSR count). The number of nitrogens with zero attached hydrogens (tertiary/aromatic N) is 1. The summed E-state index contributed by atoms with van der Waals surface area (Å²) in [6.07, 6.45) is 4.01. The van der Waals surface area contributed by atoms with Crippen molar-refractivity contribution in [2.75, 3.05) is 44.8 Å². The van der Waals surface area contributed by atoms with Crippen LogP contribution in [-0.4, -0.2) is 50.3 Å². The maximum atomic E-state index is 13.5. The average molecular weight is 437 g/mol. The molecule has 1 unspecified atom stereocenters. The predicted octanol–water partition coefficient (Wildman–Crippen LogP) is 4.79. The average Bonchev–Trinajstić information content (AvgIpc) is 2.81. The van der Waals surface area contributed by atoms with Crippen LogP contribution in [0.5, 0.6) is 5.75 Å². The van der Waals surface area contributed by atoms with E-state index in [1.54, 1.807) is 0 Å². The number of anilines is 1. The second-order valence-electron chi connectivity index (χ2n) is 9.44. The van der Waals surface area contributed by atoms with Gasteiger partial charge in [-0.15, -0.1) is 0 Å². The summed E-state index contributed by atoms with van der Waals surface area (Å²) in [5.41, 5.74) is 2.49. The number of amides is 1. The third kappa shape index (κ3) is 5.51. The quantitative estimate of drug-likeness (QED) is 0.678. The number of rotatable bonds is 7. The maximum Gasteiger partial charge on any atom is 0.235 e. The molecule has 1 N–H and O–H groups in total. The molecular weight excluding hydrogens is 400 g/mol. The van der Waals surface area contributed by atoms with E-state index in [1.165, 1.54) is 31.5 Å². The summed E-state index contributed by atoms with van der Waals surface area (Å²) < 4.78 is 11.5. The second-order valence-corrected chi connectivity index (χ2v) is 9.44. The number of likely N-dealkylation sites (tertiary alicyclic amines) is 1. The first-order valence-electron chi connectivity index (χ1n) is 12.0. The molecule has 2 heterocycles. The number of hydrogen-bond acceptors (Lipinski definition) is 4. The number of nitrogens with one attached hydrogen (secondary N) is 1. The third-order valence-corrected chi connectivity index (χ3v) is 6.88. The standard InChI is InChI=1S/C27H36N2O3/c1-21-5-3-7-23(19-21)27(12-16-31-17-13-27)26(30)28-24-8-10-25(11-9-24)32-18-15-29-14-4-6-22(2)20-29/h3,5,7-11,19,22H,4,6,12-18,20H2,1-2H3,(H,28,30). The molecule has 0 saturated carbocycles. The minimum atomic E-state index is -0.551. The molecule has 2 aromatic rings. The van der Waals surface area contributed by atoms with Gasteiger partial charge in [0, 0.05) is 32.0 Å². The molecule has 0 aliphatic carbocycles. The lowest BCUT2D eigenvalue weighted by atomic mass is 9.73. The van der Waals surface area contributed by atoms with Crippen LogP contribution in [0.15, 0.2) is 48.5 Å². The van der Waals surface area contributed by atoms with Crippen LogP contribution in [0.3, 0.4) is 0 Å². The van der Waals surface area contributed by atoms with E-state index >= 15 is 0 Å². The van der Waals surface area contributed by atoms with Crippen molar-refractivity contribution >= 4 is 11.6 Å². The van der Waals surface area contributed by atoms with Gasteiger partial charge in [-0.2, -0.15) is 0 Å². The van der Waals surface area contributed by atoms with Gasteiger partial charge < -0.3 is 14.8 Å². The monoisotopic (exact) mass is 436 g/mol. The minimum absolute atomic E-state index is 0.0410. The van der Waals surface area contributed by atoms with Gasteiger partial charge in [0.25, 0.3) is 0 Å². The SMILES string of the molecule is Cc1cccc(C2(C(=O)Nc3ccc(OCCN4CCCC(C)C4)cc3)CCOCC2)c1. The van der Waals surface area contributed by atoms with Crippen molar-refractivity contribution in [3.05, 3.63) is 59.7 Å². The highest BCUT2D eigenvalue weighted by Crippen LogP contribution is 2.36. The molecule has 1 atom stereocenters. The van der Waals surface area contributed by atoms with Crippen LogP contribution < -0.4 is 10.1 Å². The fourth-order valence-electron chi connectivity index (χ4n) is 4.98. The topological polar surface area (TPSA) is 50.8 Å². The summed E-state index contributed by atoms with van der Waals surface area (Å²) in [7, 11) is 0. The van der Waals surface area contributed by atoms with E-state index in [0.717, 1.165) is 29.5 Å². The molecule has 0 bridgehead atoms. The summed E-state index contributed by atoms with van der Waals surface area (Å²) in [5.74, 6) is 1.66. The molecule has 0 spiro atoms. The zero-order valence-corrected chi connectivity index (χ0v) is 19.4. The molecule has 1 amide bonds. The summed E-state index contributed by atoms with van der Waals surface area (Å²) >= 11 is 0. The van der Waals surface area contributed by atoms with Crippen LogP contribution in [0.2, 0.25) is 0 Å². The molecule has 2 fully saturated rings. The second kappa shape index (κ2) is 10.5. The van der Waals surface area contributed by atoms with Gasteiger partial charge in [0.2, 0.25) is 5.91 Å². The molecule has 5 heteroatoms. The molecular formula is C27H36N2O3. The van der Waals surface area contributed by atoms with Crippen molar-refractivity contribution < 1.29 is 14.3 Å². The summed E-state index contributed by atoms with van der Waals surface area (Å²) in [5, 5.41) is 3.15. The zero-order valence-electron chi connectivity index (χ0n) is 19.4. The van der Waals surface area contributed by atoms with E-state index in [4.69, 9.17) is 9.47 Å². The molecule has 172 valence electrons. The lowest BCUT2D eigenvalue weighted by molar-refractivity contribution is -0.125. The number of carbonyl (C=O) groups is 1. The number of aryl methyl sites for hydroxylation is 1. The molecule has 2 aromatic carbocycles. The molecule has 2 aliphatic rings. The molecule has 5 nitrogen and oxygen atoms in total. The fourth-order valence-corrected chi connectivity index (χ4v) is 4.98. The van der Waals surface area contributed by atoms with Gasteiger partial charge >= 0.3 is 0 Å². The Balaban J connectivity index is 1.36. The Bertz CT molecular complexity index is 890. The Morgan fingerprint density at radius 2 is 1.97 bits per heavy atom. The van der Waals surface area contributed by atoms with E-state index in [1.807, 2.05) is 30.3 Å². The van der Waals surface area contributed by atoms with E-state index < -0.39 is 5.41 Å². The first-order chi connectivity index (χ1) is 15.5. The van der Waals surface area contributed by atoms with Gasteiger partial charge in [-0.25, -0.2) is 0 Å². The van der Waals surface area contributed by atoms with Crippen LogP contribution in [-0.2, 0) is 14.9 Å². The lowest BCUT2D eigenvalue weighted by Crippen LogP contribution is -2.44. The van der Waals surface area contributed by atoms with Crippen LogP contribution in [0.4, 0.5) is 5.69 Å². The van der Waals surface area contributed by atoms with Crippen molar-refractivity contribution in [2.45, 2.75) is 44.9 Å². The van der Waals surface area contributed by atoms with Crippen LogP contribution >= 0.6 is 0 Å².